The van der Waals surface area contributed by atoms with E-state index in [-0.39, 0.29) is 5.91 Å². The number of amides is 1. The third kappa shape index (κ3) is 7.96. The molecule has 0 saturated heterocycles. The van der Waals surface area contributed by atoms with Crippen LogP contribution in [0.2, 0.25) is 5.15 Å². The molecule has 0 aliphatic heterocycles. The van der Waals surface area contributed by atoms with Crippen LogP contribution >= 0.6 is 11.6 Å². The molecule has 0 unspecified atom stereocenters. The van der Waals surface area contributed by atoms with Crippen LogP contribution in [0.1, 0.15) is 37.8 Å². The number of carbonyl (C=O) groups excluding carboxylic acids is 1. The van der Waals surface area contributed by atoms with E-state index in [2.05, 4.69) is 25.9 Å². The number of halogens is 1. The van der Waals surface area contributed by atoms with Crippen LogP contribution in [-0.4, -0.2) is 29.9 Å². The summed E-state index contributed by atoms with van der Waals surface area (Å²) in [5.74, 6) is 0.791. The zero-order chi connectivity index (χ0) is 20.2. The Morgan fingerprint density at radius 2 is 2.00 bits per heavy atom. The summed E-state index contributed by atoms with van der Waals surface area (Å²) in [5.41, 5.74) is 2.95. The molecule has 7 heteroatoms. The van der Waals surface area contributed by atoms with Crippen molar-refractivity contribution >= 4 is 29.2 Å². The van der Waals surface area contributed by atoms with E-state index in [1.807, 2.05) is 44.2 Å². The second-order valence-electron chi connectivity index (χ2n) is 6.36. The standard InChI is InChI=1S/C21H28ClN5O/c1-3-6-20(28)27-18-8-5-7-17(13-18)15-26-21(23-4-2)24-12-11-16-9-10-19(22)25-14-16/h5,7-10,13-14H,3-4,6,11-12,15H2,1-2H3,(H,27,28)(H2,23,24,26). The third-order valence-electron chi connectivity index (χ3n) is 3.95. The van der Waals surface area contributed by atoms with Gasteiger partial charge in [-0.25, -0.2) is 9.98 Å². The summed E-state index contributed by atoms with van der Waals surface area (Å²) in [6.45, 7) is 6.06. The summed E-state index contributed by atoms with van der Waals surface area (Å²) in [5, 5.41) is 9.99. The van der Waals surface area contributed by atoms with Gasteiger partial charge in [0.1, 0.15) is 5.15 Å². The van der Waals surface area contributed by atoms with Crippen LogP contribution in [0.5, 0.6) is 0 Å². The van der Waals surface area contributed by atoms with Crippen molar-refractivity contribution in [2.45, 2.75) is 39.7 Å². The van der Waals surface area contributed by atoms with E-state index >= 15 is 0 Å². The number of hydrogen-bond donors (Lipinski definition) is 3. The predicted octanol–water partition coefficient (Wildman–Crippen LogP) is 3.77. The Labute approximate surface area is 171 Å². The van der Waals surface area contributed by atoms with Crippen molar-refractivity contribution < 1.29 is 4.79 Å². The van der Waals surface area contributed by atoms with Crippen LogP contribution in [0.25, 0.3) is 0 Å². The second kappa shape index (κ2) is 12.0. The number of pyridine rings is 1. The molecule has 1 heterocycles. The number of guanidine groups is 1. The fourth-order valence-electron chi connectivity index (χ4n) is 2.59. The Bertz CT molecular complexity index is 777. The number of carbonyl (C=O) groups is 1. The fourth-order valence-corrected chi connectivity index (χ4v) is 2.70. The smallest absolute Gasteiger partial charge is 0.224 e. The number of anilines is 1. The van der Waals surface area contributed by atoms with Gasteiger partial charge in [-0.1, -0.05) is 36.7 Å². The molecule has 0 aliphatic carbocycles. The molecule has 1 aromatic heterocycles. The average molecular weight is 402 g/mol. The largest absolute Gasteiger partial charge is 0.357 e. The van der Waals surface area contributed by atoms with Crippen molar-refractivity contribution in [3.8, 4) is 0 Å². The van der Waals surface area contributed by atoms with Gasteiger partial charge in [0.2, 0.25) is 5.91 Å². The fraction of sp³-hybridized carbons (Fsp3) is 0.381. The van der Waals surface area contributed by atoms with Gasteiger partial charge in [0.05, 0.1) is 6.54 Å². The van der Waals surface area contributed by atoms with Gasteiger partial charge in [-0.2, -0.15) is 0 Å². The Morgan fingerprint density at radius 1 is 1.14 bits per heavy atom. The van der Waals surface area contributed by atoms with Gasteiger partial charge >= 0.3 is 0 Å². The van der Waals surface area contributed by atoms with Crippen LogP contribution < -0.4 is 16.0 Å². The van der Waals surface area contributed by atoms with Crippen molar-refractivity contribution in [2.75, 3.05) is 18.4 Å². The van der Waals surface area contributed by atoms with Gasteiger partial charge in [-0.05, 0) is 49.1 Å². The topological polar surface area (TPSA) is 78.4 Å². The van der Waals surface area contributed by atoms with Gasteiger partial charge < -0.3 is 16.0 Å². The Kier molecular flexibility index (Phi) is 9.28. The van der Waals surface area contributed by atoms with Crippen LogP contribution in [0.4, 0.5) is 5.69 Å². The molecule has 1 aromatic carbocycles. The van der Waals surface area contributed by atoms with E-state index in [0.717, 1.165) is 48.7 Å². The molecule has 1 amide bonds. The van der Waals surface area contributed by atoms with E-state index in [1.165, 1.54) is 0 Å². The van der Waals surface area contributed by atoms with Crippen LogP contribution in [-0.2, 0) is 17.8 Å². The number of aromatic nitrogens is 1. The maximum Gasteiger partial charge on any atom is 0.224 e. The summed E-state index contributed by atoms with van der Waals surface area (Å²) in [7, 11) is 0. The van der Waals surface area contributed by atoms with Crippen molar-refractivity contribution in [1.29, 1.82) is 0 Å². The first-order valence-corrected chi connectivity index (χ1v) is 10.00. The highest BCUT2D eigenvalue weighted by Crippen LogP contribution is 2.12. The van der Waals surface area contributed by atoms with Crippen LogP contribution in [0.15, 0.2) is 47.6 Å². The zero-order valence-corrected chi connectivity index (χ0v) is 17.2. The zero-order valence-electron chi connectivity index (χ0n) is 16.5. The lowest BCUT2D eigenvalue weighted by atomic mass is 10.2. The molecule has 3 N–H and O–H groups in total. The monoisotopic (exact) mass is 401 g/mol. The molecule has 0 bridgehead atoms. The van der Waals surface area contributed by atoms with E-state index in [9.17, 15) is 4.79 Å². The minimum atomic E-state index is 0.0369. The lowest BCUT2D eigenvalue weighted by Gasteiger charge is -2.12. The van der Waals surface area contributed by atoms with Gasteiger partial charge in [-0.3, -0.25) is 4.79 Å². The highest BCUT2D eigenvalue weighted by Gasteiger charge is 2.03. The molecule has 0 spiro atoms. The number of nitrogens with one attached hydrogen (secondary N) is 3. The van der Waals surface area contributed by atoms with Crippen LogP contribution in [0.3, 0.4) is 0 Å². The quantitative estimate of drug-likeness (QED) is 0.339. The Morgan fingerprint density at radius 3 is 2.71 bits per heavy atom. The Balaban J connectivity index is 1.90. The first-order valence-electron chi connectivity index (χ1n) is 9.62. The molecule has 0 aliphatic rings. The second-order valence-corrected chi connectivity index (χ2v) is 6.75. The number of hydrogen-bond acceptors (Lipinski definition) is 3. The van der Waals surface area contributed by atoms with Gasteiger partial charge in [0, 0.05) is 31.4 Å². The van der Waals surface area contributed by atoms with E-state index in [1.54, 1.807) is 12.3 Å². The number of nitrogens with zero attached hydrogens (tertiary/aromatic N) is 2. The summed E-state index contributed by atoms with van der Waals surface area (Å²) < 4.78 is 0. The molecule has 0 fully saturated rings. The maximum absolute atomic E-state index is 11.8. The minimum absolute atomic E-state index is 0.0369. The first kappa shape index (κ1) is 21.7. The Hall–Kier alpha value is -2.60. The first-order chi connectivity index (χ1) is 13.6. The number of rotatable bonds is 9. The summed E-state index contributed by atoms with van der Waals surface area (Å²) in [6.07, 6.45) is 3.97. The highest BCUT2D eigenvalue weighted by atomic mass is 35.5. The molecule has 0 radical (unpaired) electrons. The van der Waals surface area contributed by atoms with Gasteiger partial charge in [0.15, 0.2) is 5.96 Å². The maximum atomic E-state index is 11.8. The third-order valence-corrected chi connectivity index (χ3v) is 4.17. The normalized spacial score (nSPS) is 11.2. The molecular formula is C21H28ClN5O. The van der Waals surface area contributed by atoms with Crippen molar-refractivity contribution in [3.05, 3.63) is 58.9 Å². The molecule has 0 saturated carbocycles. The van der Waals surface area contributed by atoms with Crippen molar-refractivity contribution in [3.63, 3.8) is 0 Å². The number of aliphatic imine (C=N–C) groups is 1. The van der Waals surface area contributed by atoms with Gasteiger partial charge in [-0.15, -0.1) is 0 Å². The van der Waals surface area contributed by atoms with Crippen LogP contribution in [0, 0.1) is 0 Å². The summed E-state index contributed by atoms with van der Waals surface area (Å²) in [6, 6.07) is 11.6. The van der Waals surface area contributed by atoms with Crippen molar-refractivity contribution in [2.24, 2.45) is 4.99 Å². The SMILES string of the molecule is CCCC(=O)Nc1cccc(CN=C(NCC)NCCc2ccc(Cl)nc2)c1. The van der Waals surface area contributed by atoms with E-state index in [4.69, 9.17) is 11.6 Å². The molecule has 150 valence electrons. The highest BCUT2D eigenvalue weighted by molar-refractivity contribution is 6.29. The molecule has 2 rings (SSSR count). The molecular weight excluding hydrogens is 374 g/mol. The number of benzene rings is 1. The van der Waals surface area contributed by atoms with E-state index in [0.29, 0.717) is 18.1 Å². The molecule has 6 nitrogen and oxygen atoms in total. The average Bonchev–Trinajstić information content (AvgIpc) is 2.68. The van der Waals surface area contributed by atoms with Gasteiger partial charge in [0.25, 0.3) is 0 Å². The lowest BCUT2D eigenvalue weighted by molar-refractivity contribution is -0.116. The minimum Gasteiger partial charge on any atom is -0.357 e. The summed E-state index contributed by atoms with van der Waals surface area (Å²) in [4.78, 5) is 20.5. The van der Waals surface area contributed by atoms with Crippen molar-refractivity contribution in [1.82, 2.24) is 15.6 Å². The molecule has 2 aromatic rings. The summed E-state index contributed by atoms with van der Waals surface area (Å²) >= 11 is 5.81. The van der Waals surface area contributed by atoms with E-state index < -0.39 is 0 Å². The predicted molar refractivity (Wildman–Crippen MR) is 116 cm³/mol. The molecule has 28 heavy (non-hydrogen) atoms. The molecule has 0 atom stereocenters. The lowest BCUT2D eigenvalue weighted by Crippen LogP contribution is -2.38.